The number of amides is 1. The van der Waals surface area contributed by atoms with E-state index in [1.807, 2.05) is 51.1 Å². The molecule has 1 amide bonds. The van der Waals surface area contributed by atoms with Gasteiger partial charge in [-0.15, -0.1) is 0 Å². The maximum absolute atomic E-state index is 12.2. The lowest BCUT2D eigenvalue weighted by molar-refractivity contribution is -0.137. The second-order valence-electron chi connectivity index (χ2n) is 22.5. The summed E-state index contributed by atoms with van der Waals surface area (Å²) in [6.45, 7) is 16.3. The molecule has 6 aromatic carbocycles. The highest BCUT2D eigenvalue weighted by atomic mass is 35.5. The molecule has 0 spiro atoms. The summed E-state index contributed by atoms with van der Waals surface area (Å²) >= 11 is 35.1. The molecular weight excluding hydrogens is 1280 g/mol. The number of Topliss-reactive ketones (excluding diaryl/α,β-unsaturated/α-hetero) is 2. The summed E-state index contributed by atoms with van der Waals surface area (Å²) in [5.74, 6) is 3.70. The number of benzene rings is 6. The number of rotatable bonds is 6. The van der Waals surface area contributed by atoms with Crippen LogP contribution in [-0.2, 0) is 9.53 Å². The van der Waals surface area contributed by atoms with E-state index in [1.54, 1.807) is 77.7 Å². The molecule has 482 valence electrons. The Morgan fingerprint density at radius 1 is 0.556 bits per heavy atom. The topological polar surface area (TPSA) is 195 Å². The number of carbonyl (C=O) groups excluding carboxylic acids is 3. The summed E-state index contributed by atoms with van der Waals surface area (Å²) in [7, 11) is 0. The molecule has 2 fully saturated rings. The molecule has 23 heteroatoms. The van der Waals surface area contributed by atoms with Gasteiger partial charge in [0.25, 0.3) is 0 Å². The highest BCUT2D eigenvalue weighted by Crippen LogP contribution is 2.40. The van der Waals surface area contributed by atoms with Crippen LogP contribution in [0.4, 0.5) is 4.79 Å². The van der Waals surface area contributed by atoms with Gasteiger partial charge in [-0.1, -0.05) is 99.9 Å². The number of aliphatic carboxylic acids is 1. The van der Waals surface area contributed by atoms with E-state index in [2.05, 4.69) is 27.2 Å². The molecule has 0 saturated carbocycles. The number of halogens is 6. The van der Waals surface area contributed by atoms with E-state index in [0.717, 1.165) is 80.8 Å². The Morgan fingerprint density at radius 2 is 1.04 bits per heavy atom. The van der Waals surface area contributed by atoms with Gasteiger partial charge in [-0.3, -0.25) is 24.2 Å². The lowest BCUT2D eigenvalue weighted by Crippen LogP contribution is -2.51. The smallest absolute Gasteiger partial charge is 0.410 e. The third-order valence-electron chi connectivity index (χ3n) is 15.0. The van der Waals surface area contributed by atoms with E-state index < -0.39 is 17.7 Å². The van der Waals surface area contributed by atoms with Crippen molar-refractivity contribution in [2.75, 3.05) is 92.0 Å². The SMILES string of the molecule is CC(C)(C)OC(=O)N1CCN(C2CCOc3cc(Cl)ccc32)CC1.Clc1ccc2c(c1)OCCC2N1CCNCC1.O=C(O)CCOc1cccc(Cl)c1.O=C1CCOc2cc(Cl)ccc21.O=C1CCOc2cccc(Cl)c21.OC1CCOc2cc(Cl)ccc21. The first kappa shape index (κ1) is 69.7. The van der Waals surface area contributed by atoms with Gasteiger partial charge in [0.2, 0.25) is 0 Å². The van der Waals surface area contributed by atoms with Crippen molar-refractivity contribution in [3.8, 4) is 34.5 Å². The number of carbonyl (C=O) groups is 4. The Balaban J connectivity index is 0.000000143. The van der Waals surface area contributed by atoms with Crippen LogP contribution in [0, 0.1) is 0 Å². The van der Waals surface area contributed by atoms with Gasteiger partial charge in [0.05, 0.1) is 68.3 Å². The molecular formula is C67H74Cl6N4O13. The van der Waals surface area contributed by atoms with Gasteiger partial charge in [0.1, 0.15) is 40.1 Å². The minimum Gasteiger partial charge on any atom is -0.493 e. The lowest BCUT2D eigenvalue weighted by Gasteiger charge is -2.41. The van der Waals surface area contributed by atoms with E-state index >= 15 is 0 Å². The van der Waals surface area contributed by atoms with E-state index in [-0.39, 0.29) is 30.7 Å². The van der Waals surface area contributed by atoms with Crippen molar-refractivity contribution >= 4 is 93.2 Å². The van der Waals surface area contributed by atoms with Gasteiger partial charge in [-0.2, -0.15) is 0 Å². The second-order valence-corrected chi connectivity index (χ2v) is 25.1. The number of nitrogens with one attached hydrogen (secondary N) is 1. The zero-order chi connectivity index (χ0) is 64.3. The number of nitrogens with zero attached hydrogens (tertiary/aromatic N) is 3. The Hall–Kier alpha value is -6.22. The number of hydrogen-bond donors (Lipinski definition) is 3. The number of ether oxygens (including phenoxy) is 7. The fourth-order valence-corrected chi connectivity index (χ4v) is 11.7. The third kappa shape index (κ3) is 20.6. The molecule has 3 unspecified atom stereocenters. The highest BCUT2D eigenvalue weighted by Gasteiger charge is 2.33. The predicted molar refractivity (Wildman–Crippen MR) is 350 cm³/mol. The number of fused-ring (bicyclic) bond motifs is 5. The van der Waals surface area contributed by atoms with Crippen molar-refractivity contribution < 1.29 is 62.5 Å². The average Bonchev–Trinajstić information content (AvgIpc) is 1.89. The first-order valence-electron chi connectivity index (χ1n) is 29.8. The van der Waals surface area contributed by atoms with Crippen molar-refractivity contribution in [3.05, 3.63) is 173 Å². The quantitative estimate of drug-likeness (QED) is 0.142. The fourth-order valence-electron chi connectivity index (χ4n) is 10.6. The molecule has 0 radical (unpaired) electrons. The van der Waals surface area contributed by atoms with Crippen LogP contribution in [0.15, 0.2) is 115 Å². The second kappa shape index (κ2) is 33.9. The Morgan fingerprint density at radius 3 is 1.61 bits per heavy atom. The normalized spacial score (nSPS) is 18.9. The Bertz CT molecular complexity index is 3410. The Labute approximate surface area is 555 Å². The molecule has 6 aromatic rings. The third-order valence-corrected chi connectivity index (χ3v) is 16.5. The van der Waals surface area contributed by atoms with Crippen molar-refractivity contribution in [1.82, 2.24) is 20.0 Å². The molecule has 13 rings (SSSR count). The van der Waals surface area contributed by atoms with Gasteiger partial charge in [-0.25, -0.2) is 4.79 Å². The summed E-state index contributed by atoms with van der Waals surface area (Å²) in [4.78, 5) is 51.7. The largest absolute Gasteiger partial charge is 0.493 e. The first-order valence-corrected chi connectivity index (χ1v) is 32.1. The zero-order valence-electron chi connectivity index (χ0n) is 50.3. The Kier molecular flexibility index (Phi) is 26.2. The summed E-state index contributed by atoms with van der Waals surface area (Å²) < 4.78 is 37.9. The molecule has 17 nitrogen and oxygen atoms in total. The summed E-state index contributed by atoms with van der Waals surface area (Å²) in [5, 5.41) is 25.0. The molecule has 0 aromatic heterocycles. The van der Waals surface area contributed by atoms with Crippen molar-refractivity contribution in [2.45, 2.75) is 83.1 Å². The molecule has 7 aliphatic heterocycles. The van der Waals surface area contributed by atoms with Crippen molar-refractivity contribution in [3.63, 3.8) is 0 Å². The van der Waals surface area contributed by atoms with Crippen LogP contribution in [-0.4, -0.2) is 146 Å². The zero-order valence-corrected chi connectivity index (χ0v) is 54.9. The maximum atomic E-state index is 12.2. The monoisotopic (exact) mass is 1350 g/mol. The van der Waals surface area contributed by atoms with Gasteiger partial charge >= 0.3 is 12.1 Å². The van der Waals surface area contributed by atoms with Crippen LogP contribution in [0.25, 0.3) is 0 Å². The number of aliphatic hydroxyl groups excluding tert-OH is 1. The fraction of sp³-hybridized carbons (Fsp3) is 0.403. The highest BCUT2D eigenvalue weighted by molar-refractivity contribution is 6.34. The van der Waals surface area contributed by atoms with Crippen LogP contribution in [0.3, 0.4) is 0 Å². The number of carboxylic acids is 1. The number of hydrogen-bond acceptors (Lipinski definition) is 15. The van der Waals surface area contributed by atoms with Gasteiger partial charge in [-0.05, 0) is 106 Å². The lowest BCUT2D eigenvalue weighted by atomic mass is 9.98. The number of aliphatic hydroxyl groups is 1. The minimum atomic E-state index is -0.873. The maximum Gasteiger partial charge on any atom is 0.410 e. The molecule has 0 bridgehead atoms. The molecule has 3 atom stereocenters. The first-order chi connectivity index (χ1) is 43.2. The summed E-state index contributed by atoms with van der Waals surface area (Å²) in [5.41, 5.74) is 4.05. The molecule has 7 heterocycles. The number of carboxylic acid groups (broad SMARTS) is 1. The molecule has 0 aliphatic carbocycles. The average molecular weight is 1360 g/mol. The van der Waals surface area contributed by atoms with E-state index in [0.29, 0.717) is 130 Å². The van der Waals surface area contributed by atoms with Crippen LogP contribution in [0.5, 0.6) is 34.5 Å². The summed E-state index contributed by atoms with van der Waals surface area (Å²) in [6, 6.07) is 35.2. The van der Waals surface area contributed by atoms with Crippen LogP contribution in [0.2, 0.25) is 30.1 Å². The minimum absolute atomic E-state index is 0.00743. The van der Waals surface area contributed by atoms with Crippen molar-refractivity contribution in [2.24, 2.45) is 0 Å². The summed E-state index contributed by atoms with van der Waals surface area (Å²) in [6.07, 6.45) is 2.97. The molecule has 3 N–H and O–H groups in total. The van der Waals surface area contributed by atoms with Crippen LogP contribution in [0.1, 0.15) is 115 Å². The number of ketones is 2. The molecule has 90 heavy (non-hydrogen) atoms. The number of piperazine rings is 2. The van der Waals surface area contributed by atoms with Crippen molar-refractivity contribution in [1.29, 1.82) is 0 Å². The van der Waals surface area contributed by atoms with Crippen LogP contribution >= 0.6 is 69.6 Å². The standard InChI is InChI=1S/C18H25ClN2O3.C13H17ClN2O.C9H9ClO3.C9H9ClO2.2C9H7ClO2/c1-18(2,3)24-17(22)21-9-7-20(8-10-21)15-6-11-23-16-12-13(19)4-5-14(15)16;14-10-1-2-11-12(3-8-17-13(11)9-10)16-6-4-15-5-7-16;10-7-2-1-3-8(6-7)13-5-4-9(11)12;2*10-6-1-2-7-8(11)3-4-12-9(7)5-6;10-6-2-1-3-8-9(6)7(11)4-5-12-8/h4-5,12,15H,6-11H2,1-3H3;1-2,9,12,15H,3-8H2;1-3,6H,4-5H2,(H,11,12);1-2,5,8,11H,3-4H2;1-2,5H,3-4H2;1-3H,4-5H2. The van der Waals surface area contributed by atoms with Gasteiger partial charge in [0, 0.05) is 138 Å². The molecule has 2 saturated heterocycles. The van der Waals surface area contributed by atoms with E-state index in [1.165, 1.54) is 11.1 Å². The van der Waals surface area contributed by atoms with Crippen LogP contribution < -0.4 is 33.7 Å². The van der Waals surface area contributed by atoms with Gasteiger partial charge in [0.15, 0.2) is 11.6 Å². The van der Waals surface area contributed by atoms with E-state index in [9.17, 15) is 24.3 Å². The molecule has 7 aliphatic rings. The van der Waals surface area contributed by atoms with Gasteiger partial charge < -0.3 is 53.6 Å². The van der Waals surface area contributed by atoms with E-state index in [4.69, 9.17) is 108 Å². The predicted octanol–water partition coefficient (Wildman–Crippen LogP) is 14.7.